The predicted octanol–water partition coefficient (Wildman–Crippen LogP) is 8.25. The Hall–Kier alpha value is -1.01. The molecule has 3 heterocycles. The van der Waals surface area contributed by atoms with Crippen molar-refractivity contribution in [2.75, 3.05) is 0 Å². The molecule has 0 saturated carbocycles. The Morgan fingerprint density at radius 2 is 0.711 bits per heavy atom. The van der Waals surface area contributed by atoms with Gasteiger partial charge in [0.05, 0.1) is 0 Å². The Labute approximate surface area is 242 Å². The minimum atomic E-state index is -2.61. The molecular weight excluding hydrogens is 617 g/mol. The minimum absolute atomic E-state index is 0.459. The van der Waals surface area contributed by atoms with Crippen molar-refractivity contribution in [2.45, 2.75) is 83.0 Å². The van der Waals surface area contributed by atoms with Crippen LogP contribution in [0.3, 0.4) is 0 Å². The molecule has 3 fully saturated rings. The monoisotopic (exact) mass is 664 g/mol. The second-order valence-electron chi connectivity index (χ2n) is 13.1. The summed E-state index contributed by atoms with van der Waals surface area (Å²) in [7, 11) is -5.20. The summed E-state index contributed by atoms with van der Waals surface area (Å²) in [5.41, 5.74) is 4.48. The maximum atomic E-state index is 3.24. The summed E-state index contributed by atoms with van der Waals surface area (Å²) < 4.78 is 9.72. The van der Waals surface area contributed by atoms with Crippen LogP contribution in [0.15, 0.2) is 91.0 Å². The Morgan fingerprint density at radius 3 is 0.947 bits per heavy atom. The van der Waals surface area contributed by atoms with Crippen molar-refractivity contribution < 1.29 is 0 Å². The molecule has 1 radical (unpaired) electrons. The van der Waals surface area contributed by atoms with Gasteiger partial charge < -0.3 is 0 Å². The quantitative estimate of drug-likeness (QED) is 0.246. The molecule has 0 aliphatic carbocycles. The molecule has 0 spiro atoms. The molecule has 0 N–H and O–H groups in total. The molecule has 0 aromatic heterocycles. The van der Waals surface area contributed by atoms with E-state index in [2.05, 4.69) is 159 Å². The first kappa shape index (κ1) is 28.5. The van der Waals surface area contributed by atoms with Crippen LogP contribution in [0.1, 0.15) is 55.6 Å². The molecule has 6 rings (SSSR count). The van der Waals surface area contributed by atoms with Crippen molar-refractivity contribution in [3.63, 3.8) is 0 Å². The second-order valence-corrected chi connectivity index (χ2v) is 37.6. The molecule has 3 nitrogen and oxygen atoms in total. The van der Waals surface area contributed by atoms with Gasteiger partial charge in [0.2, 0.25) is 0 Å². The van der Waals surface area contributed by atoms with Gasteiger partial charge in [-0.05, 0) is 0 Å². The van der Waals surface area contributed by atoms with Crippen LogP contribution in [0, 0.1) is 0 Å². The van der Waals surface area contributed by atoms with Gasteiger partial charge in [-0.2, -0.15) is 0 Å². The van der Waals surface area contributed by atoms with Gasteiger partial charge in [-0.3, -0.25) is 0 Å². The summed E-state index contributed by atoms with van der Waals surface area (Å²) in [5, 5.41) is 0. The Bertz CT molecular complexity index is 1080. The van der Waals surface area contributed by atoms with E-state index in [1.54, 1.807) is 0 Å². The third-order valence-corrected chi connectivity index (χ3v) is 57.3. The van der Waals surface area contributed by atoms with Crippen LogP contribution in [0.2, 0.25) is 44.1 Å². The summed E-state index contributed by atoms with van der Waals surface area (Å²) in [5.74, 6) is 0. The van der Waals surface area contributed by atoms with E-state index in [1.165, 1.54) is 16.7 Å². The first-order chi connectivity index (χ1) is 17.9. The normalized spacial score (nSPS) is 24.2. The van der Waals surface area contributed by atoms with Gasteiger partial charge in [0, 0.05) is 0 Å². The zero-order chi connectivity index (χ0) is 27.5. The molecule has 2 bridgehead atoms. The zero-order valence-corrected chi connectivity index (χ0v) is 30.7. The first-order valence-corrected chi connectivity index (χ1v) is 27.2. The molecule has 38 heavy (non-hydrogen) atoms. The van der Waals surface area contributed by atoms with E-state index in [-0.39, 0.29) is 0 Å². The maximum absolute atomic E-state index is 3.24. The summed E-state index contributed by atoms with van der Waals surface area (Å²) in [6.45, 7) is 24.1. The number of benzene rings is 3. The summed E-state index contributed by atoms with van der Waals surface area (Å²) >= 11 is -2.61. The van der Waals surface area contributed by atoms with E-state index in [1.807, 2.05) is 0 Å². The van der Waals surface area contributed by atoms with E-state index < -0.39 is 45.3 Å². The van der Waals surface area contributed by atoms with E-state index in [4.69, 9.17) is 0 Å². The number of nitrogens with zero attached hydrogens (tertiary/aromatic N) is 3. The van der Waals surface area contributed by atoms with Crippen molar-refractivity contribution in [1.29, 1.82) is 0 Å². The number of hydrogen-bond acceptors (Lipinski definition) is 3. The molecule has 0 amide bonds. The van der Waals surface area contributed by atoms with Gasteiger partial charge >= 0.3 is 244 Å². The average Bonchev–Trinajstić information content (AvgIpc) is 2.88. The summed E-state index contributed by atoms with van der Waals surface area (Å²) in [6, 6.07) is 35.6. The first-order valence-electron chi connectivity index (χ1n) is 14.3. The molecule has 3 aliphatic rings. The van der Waals surface area contributed by atoms with Crippen LogP contribution >= 0.6 is 0 Å². The van der Waals surface area contributed by atoms with Crippen LogP contribution < -0.4 is 0 Å². The van der Waals surface area contributed by atoms with Crippen LogP contribution in [-0.2, 0) is 0 Å². The van der Waals surface area contributed by atoms with Crippen LogP contribution in [-0.4, -0.2) is 53.6 Å². The van der Waals surface area contributed by atoms with E-state index in [9.17, 15) is 0 Å². The molecule has 3 aromatic rings. The second kappa shape index (κ2) is 10.4. The number of rotatable bonds is 6. The molecule has 3 saturated heterocycles. The van der Waals surface area contributed by atoms with Gasteiger partial charge in [0.15, 0.2) is 0 Å². The van der Waals surface area contributed by atoms with Crippen molar-refractivity contribution >= 4 is 45.3 Å². The van der Waals surface area contributed by atoms with Crippen molar-refractivity contribution in [3.05, 3.63) is 108 Å². The van der Waals surface area contributed by atoms with E-state index in [0.717, 1.165) is 4.79 Å². The van der Waals surface area contributed by atoms with Crippen LogP contribution in [0.4, 0.5) is 0 Å². The Balaban J connectivity index is 1.74. The summed E-state index contributed by atoms with van der Waals surface area (Å²) in [4.78, 5) is 0.851. The fourth-order valence-electron chi connectivity index (χ4n) is 8.79. The molecular formula is C31H46N3Si3Sn. The third-order valence-electron chi connectivity index (χ3n) is 9.64. The van der Waals surface area contributed by atoms with Crippen molar-refractivity contribution in [1.82, 2.24) is 8.36 Å². The topological polar surface area (TPSA) is 9.72 Å². The third kappa shape index (κ3) is 4.48. The predicted molar refractivity (Wildman–Crippen MR) is 172 cm³/mol. The Kier molecular flexibility index (Phi) is 7.83. The van der Waals surface area contributed by atoms with Crippen LogP contribution in [0.5, 0.6) is 0 Å². The van der Waals surface area contributed by atoms with Crippen molar-refractivity contribution in [2.24, 2.45) is 0 Å². The van der Waals surface area contributed by atoms with Gasteiger partial charge in [0.25, 0.3) is 0 Å². The molecule has 0 unspecified atom stereocenters. The van der Waals surface area contributed by atoms with Crippen molar-refractivity contribution in [3.8, 4) is 0 Å². The molecule has 3 aliphatic heterocycles. The molecule has 3 atom stereocenters. The van der Waals surface area contributed by atoms with E-state index in [0.29, 0.717) is 18.1 Å². The van der Waals surface area contributed by atoms with E-state index >= 15 is 0 Å². The fourth-order valence-corrected chi connectivity index (χ4v) is 73.6. The van der Waals surface area contributed by atoms with Gasteiger partial charge in [0.1, 0.15) is 0 Å². The SMILES string of the molecule is C[C@@H](c1ccccc1)[N]1[Sn]2[N]([C@@H](C)c3ccccc3)[Si](C)(C)C([Si]1(C)C)[Si](C)(C)[N]2[C@@H](C)c1ccccc1. The molecule has 201 valence electrons. The molecule has 7 heteroatoms. The standard InChI is InChI=1S/C31H46N3Si3.Sn/c1-25(28-19-13-10-14-20-28)32-35(4,5)31(36(6,7)33-26(2)29-21-15-11-16-22-29)37(8,9)34-27(3)30-23-17-12-18-24-30;/h10-27,31H,1-9H3;/q-3;+3/t25-,26-,27-;/m0./s1. The van der Waals surface area contributed by atoms with Gasteiger partial charge in [-0.1, -0.05) is 0 Å². The number of hydrogen-bond donors (Lipinski definition) is 0. The zero-order valence-electron chi connectivity index (χ0n) is 24.8. The summed E-state index contributed by atoms with van der Waals surface area (Å²) in [6.07, 6.45) is 0. The Morgan fingerprint density at radius 1 is 0.474 bits per heavy atom. The fraction of sp³-hybridized carbons (Fsp3) is 0.419. The number of fused-ring (bicyclic) bond motifs is 3. The van der Waals surface area contributed by atoms with Gasteiger partial charge in [-0.15, -0.1) is 0 Å². The average molecular weight is 664 g/mol. The van der Waals surface area contributed by atoms with Gasteiger partial charge in [-0.25, -0.2) is 0 Å². The van der Waals surface area contributed by atoms with Crippen LogP contribution in [0.25, 0.3) is 0 Å². The molecule has 3 aromatic carbocycles.